The summed E-state index contributed by atoms with van der Waals surface area (Å²) in [5.41, 5.74) is -0.874. The molecule has 5 heteroatoms. The second-order valence-electron chi connectivity index (χ2n) is 3.90. The Balaban J connectivity index is 2.79. The lowest BCUT2D eigenvalue weighted by Crippen LogP contribution is -2.34. The van der Waals surface area contributed by atoms with Crippen LogP contribution in [0.25, 0.3) is 0 Å². The smallest absolute Gasteiger partial charge is 0.339 e. The Morgan fingerprint density at radius 2 is 2.12 bits per heavy atom. The molecule has 0 atom stereocenters. The number of aromatic nitrogens is 1. The van der Waals surface area contributed by atoms with Gasteiger partial charge in [0.2, 0.25) is 0 Å². The van der Waals surface area contributed by atoms with Gasteiger partial charge < -0.3 is 14.9 Å². The third kappa shape index (κ3) is 3.42. The fourth-order valence-corrected chi connectivity index (χ4v) is 1.34. The maximum atomic E-state index is 10.9. The van der Waals surface area contributed by atoms with Crippen molar-refractivity contribution in [1.29, 1.82) is 0 Å². The quantitative estimate of drug-likeness (QED) is 0.790. The lowest BCUT2D eigenvalue weighted by atomic mass is 9.99. The van der Waals surface area contributed by atoms with Gasteiger partial charge >= 0.3 is 5.97 Å². The van der Waals surface area contributed by atoms with Gasteiger partial charge in [0.15, 0.2) is 5.75 Å². The summed E-state index contributed by atoms with van der Waals surface area (Å²) in [5, 5.41) is 19.0. The van der Waals surface area contributed by atoms with Gasteiger partial charge in [-0.05, 0) is 18.9 Å². The molecule has 5 nitrogen and oxygen atoms in total. The Labute approximate surface area is 100 Å². The van der Waals surface area contributed by atoms with Crippen molar-refractivity contribution in [2.45, 2.75) is 32.3 Å². The summed E-state index contributed by atoms with van der Waals surface area (Å²) in [4.78, 5) is 14.7. The van der Waals surface area contributed by atoms with Gasteiger partial charge in [-0.25, -0.2) is 4.79 Å². The van der Waals surface area contributed by atoms with Crippen molar-refractivity contribution >= 4 is 5.97 Å². The number of pyridine rings is 1. The number of carbonyl (C=O) groups is 1. The summed E-state index contributed by atoms with van der Waals surface area (Å²) >= 11 is 0. The number of aliphatic hydroxyl groups is 1. The monoisotopic (exact) mass is 239 g/mol. The van der Waals surface area contributed by atoms with Gasteiger partial charge in [-0.3, -0.25) is 4.98 Å². The zero-order chi connectivity index (χ0) is 12.9. The van der Waals surface area contributed by atoms with E-state index in [1.807, 2.05) is 13.8 Å². The topological polar surface area (TPSA) is 79.7 Å². The summed E-state index contributed by atoms with van der Waals surface area (Å²) < 4.78 is 5.35. The molecule has 1 aromatic heterocycles. The molecule has 0 aliphatic rings. The predicted molar refractivity (Wildman–Crippen MR) is 62.2 cm³/mol. The van der Waals surface area contributed by atoms with E-state index in [0.29, 0.717) is 12.8 Å². The van der Waals surface area contributed by atoms with Crippen LogP contribution in [0.2, 0.25) is 0 Å². The molecular weight excluding hydrogens is 222 g/mol. The van der Waals surface area contributed by atoms with Crippen molar-refractivity contribution in [3.8, 4) is 5.75 Å². The molecule has 0 saturated carbocycles. The lowest BCUT2D eigenvalue weighted by molar-refractivity contribution is -0.0118. The summed E-state index contributed by atoms with van der Waals surface area (Å²) in [7, 11) is 0. The zero-order valence-electron chi connectivity index (χ0n) is 10.0. The number of nitrogens with zero attached hydrogens (tertiary/aromatic N) is 1. The van der Waals surface area contributed by atoms with Crippen LogP contribution in [-0.4, -0.2) is 33.4 Å². The molecule has 0 amide bonds. The molecule has 94 valence electrons. The molecule has 0 fully saturated rings. The van der Waals surface area contributed by atoms with Gasteiger partial charge in [0.25, 0.3) is 0 Å². The van der Waals surface area contributed by atoms with E-state index in [1.54, 1.807) is 0 Å². The van der Waals surface area contributed by atoms with E-state index in [4.69, 9.17) is 9.84 Å². The van der Waals surface area contributed by atoms with Crippen LogP contribution in [0.1, 0.15) is 37.0 Å². The number of ether oxygens (including phenoxy) is 1. The van der Waals surface area contributed by atoms with Gasteiger partial charge in [-0.15, -0.1) is 0 Å². The predicted octanol–water partition coefficient (Wildman–Crippen LogP) is 1.71. The fourth-order valence-electron chi connectivity index (χ4n) is 1.34. The minimum absolute atomic E-state index is 0.0505. The number of hydrogen-bond acceptors (Lipinski definition) is 4. The van der Waals surface area contributed by atoms with Crippen LogP contribution in [0, 0.1) is 0 Å². The van der Waals surface area contributed by atoms with Crippen LogP contribution in [0.3, 0.4) is 0 Å². The van der Waals surface area contributed by atoms with Gasteiger partial charge in [-0.2, -0.15) is 0 Å². The average Bonchev–Trinajstić information content (AvgIpc) is 2.36. The maximum Gasteiger partial charge on any atom is 0.339 e. The molecule has 0 unspecified atom stereocenters. The minimum atomic E-state index is -1.07. The summed E-state index contributed by atoms with van der Waals surface area (Å²) in [6.45, 7) is 3.77. The number of carboxylic acids is 1. The molecule has 0 bridgehead atoms. The Morgan fingerprint density at radius 3 is 2.65 bits per heavy atom. The number of hydrogen-bond donors (Lipinski definition) is 2. The number of carboxylic acid groups (broad SMARTS) is 1. The molecule has 1 aromatic rings. The Bertz CT molecular complexity index is 388. The highest BCUT2D eigenvalue weighted by Gasteiger charge is 2.24. The van der Waals surface area contributed by atoms with Crippen molar-refractivity contribution in [3.63, 3.8) is 0 Å². The molecular formula is C12H17NO4. The lowest BCUT2D eigenvalue weighted by Gasteiger charge is -2.25. The average molecular weight is 239 g/mol. The summed E-state index contributed by atoms with van der Waals surface area (Å²) in [6.07, 6.45) is 3.83. The van der Waals surface area contributed by atoms with E-state index in [-0.39, 0.29) is 17.9 Å². The highest BCUT2D eigenvalue weighted by Crippen LogP contribution is 2.20. The van der Waals surface area contributed by atoms with Crippen molar-refractivity contribution in [2.75, 3.05) is 6.61 Å². The molecule has 2 N–H and O–H groups in total. The van der Waals surface area contributed by atoms with Crippen molar-refractivity contribution in [2.24, 2.45) is 0 Å². The molecule has 1 rings (SSSR count). The summed E-state index contributed by atoms with van der Waals surface area (Å²) in [6, 6.07) is 1.37. The van der Waals surface area contributed by atoms with E-state index in [2.05, 4.69) is 4.98 Å². The van der Waals surface area contributed by atoms with E-state index in [0.717, 1.165) is 0 Å². The van der Waals surface area contributed by atoms with E-state index < -0.39 is 11.6 Å². The Kier molecular flexibility index (Phi) is 4.45. The third-order valence-electron chi connectivity index (χ3n) is 2.83. The molecule has 0 saturated heterocycles. The first-order valence-corrected chi connectivity index (χ1v) is 5.55. The molecule has 0 radical (unpaired) electrons. The molecule has 17 heavy (non-hydrogen) atoms. The van der Waals surface area contributed by atoms with Crippen LogP contribution >= 0.6 is 0 Å². The number of aromatic carboxylic acids is 1. The molecule has 0 aromatic carbocycles. The second-order valence-corrected chi connectivity index (χ2v) is 3.90. The highest BCUT2D eigenvalue weighted by molar-refractivity contribution is 5.90. The Hall–Kier alpha value is -1.62. The van der Waals surface area contributed by atoms with Gasteiger partial charge in [0.1, 0.15) is 12.2 Å². The SMILES string of the molecule is CCC(O)(CC)COc1cnccc1C(=O)O. The highest BCUT2D eigenvalue weighted by atomic mass is 16.5. The third-order valence-corrected chi connectivity index (χ3v) is 2.83. The van der Waals surface area contributed by atoms with E-state index in [9.17, 15) is 9.90 Å². The Morgan fingerprint density at radius 1 is 1.47 bits per heavy atom. The van der Waals surface area contributed by atoms with E-state index >= 15 is 0 Å². The fraction of sp³-hybridized carbons (Fsp3) is 0.500. The van der Waals surface area contributed by atoms with Crippen molar-refractivity contribution < 1.29 is 19.7 Å². The van der Waals surface area contributed by atoms with Crippen LogP contribution < -0.4 is 4.74 Å². The first-order chi connectivity index (χ1) is 8.02. The molecule has 1 heterocycles. The molecule has 0 aliphatic heterocycles. The minimum Gasteiger partial charge on any atom is -0.488 e. The van der Waals surface area contributed by atoms with Gasteiger partial charge in [0, 0.05) is 6.20 Å². The van der Waals surface area contributed by atoms with Crippen molar-refractivity contribution in [3.05, 3.63) is 24.0 Å². The summed E-state index contributed by atoms with van der Waals surface area (Å²) in [5.74, 6) is -0.890. The zero-order valence-corrected chi connectivity index (χ0v) is 10.0. The number of rotatable bonds is 6. The van der Waals surface area contributed by atoms with Crippen LogP contribution in [0.15, 0.2) is 18.5 Å². The van der Waals surface area contributed by atoms with Crippen molar-refractivity contribution in [1.82, 2.24) is 4.98 Å². The van der Waals surface area contributed by atoms with Gasteiger partial charge in [0.05, 0.1) is 11.8 Å². The normalized spacial score (nSPS) is 11.2. The van der Waals surface area contributed by atoms with Crippen LogP contribution in [-0.2, 0) is 0 Å². The largest absolute Gasteiger partial charge is 0.488 e. The van der Waals surface area contributed by atoms with Crippen LogP contribution in [0.4, 0.5) is 0 Å². The second kappa shape index (κ2) is 5.63. The first-order valence-electron chi connectivity index (χ1n) is 5.55. The van der Waals surface area contributed by atoms with E-state index in [1.165, 1.54) is 18.5 Å². The standard InChI is InChI=1S/C12H17NO4/c1-3-12(16,4-2)8-17-10-7-13-6-5-9(10)11(14)15/h5-7,16H,3-4,8H2,1-2H3,(H,14,15). The first kappa shape index (κ1) is 13.4. The van der Waals surface area contributed by atoms with Gasteiger partial charge in [-0.1, -0.05) is 13.8 Å². The molecule has 0 aliphatic carbocycles. The maximum absolute atomic E-state index is 10.9. The van der Waals surface area contributed by atoms with Crippen LogP contribution in [0.5, 0.6) is 5.75 Å². The molecule has 0 spiro atoms.